The number of piperidine rings is 1. The Bertz CT molecular complexity index is 1190. The van der Waals surface area contributed by atoms with Crippen LogP contribution in [-0.2, 0) is 10.0 Å². The summed E-state index contributed by atoms with van der Waals surface area (Å²) < 4.78 is 28.9. The third-order valence-corrected chi connectivity index (χ3v) is 7.30. The topological polar surface area (TPSA) is 97.2 Å². The summed E-state index contributed by atoms with van der Waals surface area (Å²) in [5.74, 6) is 0.505. The summed E-state index contributed by atoms with van der Waals surface area (Å²) in [6.45, 7) is 5.05. The molecule has 1 amide bonds. The lowest BCUT2D eigenvalue weighted by Crippen LogP contribution is -2.39. The zero-order valence-corrected chi connectivity index (χ0v) is 18.3. The summed E-state index contributed by atoms with van der Waals surface area (Å²) in [5, 5.41) is 2.84. The second-order valence-electron chi connectivity index (χ2n) is 7.90. The molecule has 0 radical (unpaired) electrons. The molecule has 162 valence electrons. The van der Waals surface area contributed by atoms with Gasteiger partial charge in [0.05, 0.1) is 0 Å². The molecule has 8 nitrogen and oxygen atoms in total. The maximum Gasteiger partial charge on any atom is 0.275 e. The predicted molar refractivity (Wildman–Crippen MR) is 118 cm³/mol. The largest absolute Gasteiger partial charge is 0.320 e. The van der Waals surface area contributed by atoms with Gasteiger partial charge in [-0.05, 0) is 49.4 Å². The first kappa shape index (κ1) is 21.2. The van der Waals surface area contributed by atoms with Gasteiger partial charge < -0.3 is 5.32 Å². The number of pyridine rings is 1. The highest BCUT2D eigenvalue weighted by Crippen LogP contribution is 2.23. The van der Waals surface area contributed by atoms with E-state index in [-0.39, 0.29) is 16.5 Å². The smallest absolute Gasteiger partial charge is 0.275 e. The highest BCUT2D eigenvalue weighted by atomic mass is 32.2. The molecule has 2 aromatic heterocycles. The van der Waals surface area contributed by atoms with Crippen molar-refractivity contribution >= 4 is 21.6 Å². The monoisotopic (exact) mass is 439 g/mol. The van der Waals surface area contributed by atoms with Gasteiger partial charge >= 0.3 is 0 Å². The van der Waals surface area contributed by atoms with Crippen LogP contribution in [0.15, 0.2) is 60.0 Å². The molecule has 1 aliphatic rings. The van der Waals surface area contributed by atoms with E-state index in [0.29, 0.717) is 24.8 Å². The molecule has 0 spiro atoms. The van der Waals surface area contributed by atoms with Crippen LogP contribution in [-0.4, -0.2) is 46.3 Å². The van der Waals surface area contributed by atoms with E-state index in [1.165, 1.54) is 16.8 Å². The van der Waals surface area contributed by atoms with Gasteiger partial charge in [0.1, 0.15) is 22.7 Å². The van der Waals surface area contributed by atoms with E-state index in [0.717, 1.165) is 24.1 Å². The van der Waals surface area contributed by atoms with E-state index in [1.54, 1.807) is 22.9 Å². The molecule has 1 aromatic carbocycles. The van der Waals surface area contributed by atoms with Crippen LogP contribution in [0.4, 0.5) is 5.69 Å². The van der Waals surface area contributed by atoms with Crippen molar-refractivity contribution in [3.63, 3.8) is 0 Å². The number of anilines is 1. The van der Waals surface area contributed by atoms with Gasteiger partial charge in [-0.1, -0.05) is 25.1 Å². The molecule has 3 heterocycles. The van der Waals surface area contributed by atoms with E-state index in [4.69, 9.17) is 0 Å². The van der Waals surface area contributed by atoms with Crippen LogP contribution in [0.1, 0.15) is 35.8 Å². The molecule has 3 aromatic rings. The highest BCUT2D eigenvalue weighted by molar-refractivity contribution is 7.89. The van der Waals surface area contributed by atoms with E-state index in [2.05, 4.69) is 22.2 Å². The summed E-state index contributed by atoms with van der Waals surface area (Å²) in [6, 6.07) is 10.7. The Hall–Kier alpha value is -3.04. The molecule has 1 fully saturated rings. The summed E-state index contributed by atoms with van der Waals surface area (Å²) in [7, 11) is -3.56. The molecular weight excluding hydrogens is 414 g/mol. The number of aromatic nitrogens is 3. The fraction of sp³-hybridized carbons (Fsp3) is 0.318. The minimum absolute atomic E-state index is 0.169. The van der Waals surface area contributed by atoms with Crippen LogP contribution < -0.4 is 5.32 Å². The first-order valence-electron chi connectivity index (χ1n) is 10.2. The third-order valence-electron chi connectivity index (χ3n) is 5.45. The fourth-order valence-electron chi connectivity index (χ4n) is 3.66. The lowest BCUT2D eigenvalue weighted by molar-refractivity contribution is 0.102. The number of nitrogens with zero attached hydrogens (tertiary/aromatic N) is 4. The Balaban J connectivity index is 1.49. The summed E-state index contributed by atoms with van der Waals surface area (Å²) in [6.07, 6.45) is 6.32. The van der Waals surface area contributed by atoms with Crippen LogP contribution in [0.3, 0.4) is 0 Å². The highest BCUT2D eigenvalue weighted by Gasteiger charge is 2.28. The first-order chi connectivity index (χ1) is 14.8. The van der Waals surface area contributed by atoms with Gasteiger partial charge in [0, 0.05) is 31.2 Å². The Morgan fingerprint density at radius 3 is 2.68 bits per heavy atom. The van der Waals surface area contributed by atoms with Gasteiger partial charge in [0.2, 0.25) is 10.0 Å². The van der Waals surface area contributed by atoms with Crippen molar-refractivity contribution in [1.82, 2.24) is 18.8 Å². The molecule has 1 aliphatic heterocycles. The number of imidazole rings is 1. The van der Waals surface area contributed by atoms with Crippen LogP contribution in [0.25, 0.3) is 5.82 Å². The molecule has 1 atom stereocenters. The number of hydrogen-bond donors (Lipinski definition) is 1. The number of carbonyl (C=O) groups is 1. The number of carbonyl (C=O) groups excluding carboxylic acids is 1. The Morgan fingerprint density at radius 2 is 1.97 bits per heavy atom. The van der Waals surface area contributed by atoms with Crippen molar-refractivity contribution in [1.29, 1.82) is 0 Å². The van der Waals surface area contributed by atoms with E-state index >= 15 is 0 Å². The predicted octanol–water partition coefficient (Wildman–Crippen LogP) is 3.25. The zero-order chi connectivity index (χ0) is 22.0. The fourth-order valence-corrected chi connectivity index (χ4v) is 5.20. The number of para-hydroxylation sites is 1. The number of benzene rings is 1. The SMILES string of the molecule is Cc1ccccc1NC(=O)c1cn(-c2ccc(S(=O)(=O)N3CCCC(C)C3)cn2)cn1. The van der Waals surface area contributed by atoms with Gasteiger partial charge in [-0.25, -0.2) is 18.4 Å². The average Bonchev–Trinajstić information content (AvgIpc) is 3.26. The van der Waals surface area contributed by atoms with Crippen LogP contribution >= 0.6 is 0 Å². The molecule has 31 heavy (non-hydrogen) atoms. The number of nitrogens with one attached hydrogen (secondary N) is 1. The lowest BCUT2D eigenvalue weighted by atomic mass is 10.0. The number of amides is 1. The molecule has 0 saturated carbocycles. The van der Waals surface area contributed by atoms with Gasteiger partial charge in [-0.3, -0.25) is 9.36 Å². The van der Waals surface area contributed by atoms with Crippen molar-refractivity contribution < 1.29 is 13.2 Å². The third kappa shape index (κ3) is 4.52. The zero-order valence-electron chi connectivity index (χ0n) is 17.5. The summed E-state index contributed by atoms with van der Waals surface area (Å²) >= 11 is 0. The van der Waals surface area contributed by atoms with Crippen LogP contribution in [0, 0.1) is 12.8 Å². The van der Waals surface area contributed by atoms with Gasteiger partial charge in [-0.15, -0.1) is 0 Å². The molecular formula is C22H25N5O3S. The number of rotatable bonds is 5. The maximum atomic E-state index is 12.9. The number of sulfonamides is 1. The van der Waals surface area contributed by atoms with Crippen molar-refractivity contribution in [3.8, 4) is 5.82 Å². The average molecular weight is 440 g/mol. The van der Waals surface area contributed by atoms with Crippen LogP contribution in [0.5, 0.6) is 0 Å². The molecule has 0 bridgehead atoms. The quantitative estimate of drug-likeness (QED) is 0.658. The Morgan fingerprint density at radius 1 is 1.16 bits per heavy atom. The van der Waals surface area contributed by atoms with E-state index in [1.807, 2.05) is 31.2 Å². The minimum atomic E-state index is -3.56. The second kappa shape index (κ2) is 8.60. The molecule has 1 saturated heterocycles. The van der Waals surface area contributed by atoms with E-state index in [9.17, 15) is 13.2 Å². The molecule has 0 aliphatic carbocycles. The first-order valence-corrected chi connectivity index (χ1v) is 11.7. The lowest BCUT2D eigenvalue weighted by Gasteiger charge is -2.29. The van der Waals surface area contributed by atoms with E-state index < -0.39 is 10.0 Å². The molecule has 1 unspecified atom stereocenters. The van der Waals surface area contributed by atoms with Crippen molar-refractivity contribution in [2.24, 2.45) is 5.92 Å². The maximum absolute atomic E-state index is 12.9. The molecule has 9 heteroatoms. The van der Waals surface area contributed by atoms with Gasteiger partial charge in [-0.2, -0.15) is 4.31 Å². The van der Waals surface area contributed by atoms with Crippen molar-refractivity contribution in [2.75, 3.05) is 18.4 Å². The summed E-state index contributed by atoms with van der Waals surface area (Å²) in [5.41, 5.74) is 1.92. The Kier molecular flexibility index (Phi) is 5.88. The van der Waals surface area contributed by atoms with Crippen LogP contribution in [0.2, 0.25) is 0 Å². The second-order valence-corrected chi connectivity index (χ2v) is 9.84. The number of hydrogen-bond acceptors (Lipinski definition) is 5. The van der Waals surface area contributed by atoms with Gasteiger partial charge in [0.15, 0.2) is 0 Å². The normalized spacial score (nSPS) is 17.4. The minimum Gasteiger partial charge on any atom is -0.320 e. The standard InChI is InChI=1S/C22H25N5O3S/c1-16-6-5-11-27(13-16)31(29,30)18-9-10-21(23-12-18)26-14-20(24-15-26)22(28)25-19-8-4-3-7-17(19)2/h3-4,7-10,12,14-16H,5-6,11,13H2,1-2H3,(H,25,28). The molecule has 1 N–H and O–H groups in total. The van der Waals surface area contributed by atoms with Crippen molar-refractivity contribution in [3.05, 3.63) is 66.4 Å². The van der Waals surface area contributed by atoms with Gasteiger partial charge in [0.25, 0.3) is 5.91 Å². The van der Waals surface area contributed by atoms with Crippen molar-refractivity contribution in [2.45, 2.75) is 31.6 Å². The number of aryl methyl sites for hydroxylation is 1. The Labute approximate surface area is 182 Å². The summed E-state index contributed by atoms with van der Waals surface area (Å²) in [4.78, 5) is 21.1. The molecule has 4 rings (SSSR count).